The van der Waals surface area contributed by atoms with E-state index < -0.39 is 23.2 Å². The lowest BCUT2D eigenvalue weighted by molar-refractivity contribution is 0.0201. The number of carbonyl (C=O) groups excluding carboxylic acids is 1. The average Bonchev–Trinajstić information content (AvgIpc) is 2.36. The van der Waals surface area contributed by atoms with Crippen LogP contribution < -0.4 is 5.73 Å². The number of benzene rings is 1. The normalized spacial score (nSPS) is 16.6. The number of nitrogens with two attached hydrogens (primary N) is 1. The van der Waals surface area contributed by atoms with Crippen LogP contribution in [0.3, 0.4) is 0 Å². The lowest BCUT2D eigenvalue weighted by Crippen LogP contribution is -2.22. The molecule has 1 aromatic carbocycles. The Morgan fingerprint density at radius 3 is 2.56 bits per heavy atom. The van der Waals surface area contributed by atoms with E-state index >= 15 is 0 Å². The summed E-state index contributed by atoms with van der Waals surface area (Å²) in [6.07, 6.45) is 4.30. The van der Waals surface area contributed by atoms with E-state index in [0.717, 1.165) is 44.2 Å². The zero-order valence-electron chi connectivity index (χ0n) is 9.92. The number of ether oxygens (including phenoxy) is 1. The first-order chi connectivity index (χ1) is 8.59. The molecule has 0 aliphatic heterocycles. The molecule has 18 heavy (non-hydrogen) atoms. The number of anilines is 1. The van der Waals surface area contributed by atoms with Crippen molar-refractivity contribution in [3.63, 3.8) is 0 Å². The third kappa shape index (κ3) is 2.60. The standard InChI is InChI=1S/C13H15F2NO2/c14-9-6-7-10(16)12(15)11(9)13(17)18-8-4-2-1-3-5-8/h6-8H,1-5,16H2. The molecule has 0 unspecified atom stereocenters. The van der Waals surface area contributed by atoms with E-state index in [4.69, 9.17) is 10.5 Å². The fourth-order valence-corrected chi connectivity index (χ4v) is 2.15. The zero-order valence-corrected chi connectivity index (χ0v) is 9.92. The second kappa shape index (κ2) is 5.33. The van der Waals surface area contributed by atoms with Gasteiger partial charge in [0.25, 0.3) is 0 Å². The fourth-order valence-electron chi connectivity index (χ4n) is 2.15. The quantitative estimate of drug-likeness (QED) is 0.652. The fraction of sp³-hybridized carbons (Fsp3) is 0.462. The largest absolute Gasteiger partial charge is 0.459 e. The Morgan fingerprint density at radius 1 is 1.22 bits per heavy atom. The number of hydrogen-bond donors (Lipinski definition) is 1. The molecule has 2 N–H and O–H groups in total. The predicted molar refractivity (Wildman–Crippen MR) is 63.1 cm³/mol. The van der Waals surface area contributed by atoms with Gasteiger partial charge in [0.2, 0.25) is 0 Å². The Hall–Kier alpha value is -1.65. The Labute approximate surface area is 104 Å². The second-order valence-electron chi connectivity index (χ2n) is 4.49. The molecule has 0 spiro atoms. The highest BCUT2D eigenvalue weighted by molar-refractivity contribution is 5.91. The molecule has 0 bridgehead atoms. The number of esters is 1. The molecule has 1 aromatic rings. The van der Waals surface area contributed by atoms with Crippen LogP contribution in [0.15, 0.2) is 12.1 Å². The van der Waals surface area contributed by atoms with Gasteiger partial charge in [0.1, 0.15) is 17.5 Å². The van der Waals surface area contributed by atoms with Gasteiger partial charge in [-0.1, -0.05) is 6.42 Å². The Balaban J connectivity index is 2.15. The molecule has 0 saturated heterocycles. The Bertz CT molecular complexity index is 457. The van der Waals surface area contributed by atoms with Gasteiger partial charge in [0.15, 0.2) is 5.82 Å². The molecule has 1 aliphatic rings. The molecule has 0 heterocycles. The third-order valence-corrected chi connectivity index (χ3v) is 3.15. The molecule has 0 atom stereocenters. The van der Waals surface area contributed by atoms with E-state index in [2.05, 4.69) is 0 Å². The summed E-state index contributed by atoms with van der Waals surface area (Å²) in [6, 6.07) is 2.05. The summed E-state index contributed by atoms with van der Waals surface area (Å²) in [5.74, 6) is -2.96. The van der Waals surface area contributed by atoms with Gasteiger partial charge in [-0.25, -0.2) is 13.6 Å². The van der Waals surface area contributed by atoms with Crippen LogP contribution >= 0.6 is 0 Å². The molecule has 1 saturated carbocycles. The van der Waals surface area contributed by atoms with Crippen LogP contribution in [0.5, 0.6) is 0 Å². The molecule has 0 aromatic heterocycles. The van der Waals surface area contributed by atoms with Crippen molar-refractivity contribution in [3.05, 3.63) is 29.3 Å². The van der Waals surface area contributed by atoms with E-state index in [1.165, 1.54) is 0 Å². The van der Waals surface area contributed by atoms with Gasteiger partial charge >= 0.3 is 5.97 Å². The van der Waals surface area contributed by atoms with Crippen molar-refractivity contribution in [2.24, 2.45) is 0 Å². The van der Waals surface area contributed by atoms with E-state index in [9.17, 15) is 13.6 Å². The monoisotopic (exact) mass is 255 g/mol. The molecule has 2 rings (SSSR count). The van der Waals surface area contributed by atoms with Gasteiger partial charge in [-0.3, -0.25) is 0 Å². The topological polar surface area (TPSA) is 52.3 Å². The lowest BCUT2D eigenvalue weighted by Gasteiger charge is -2.22. The molecule has 1 aliphatic carbocycles. The molecule has 0 amide bonds. The minimum Gasteiger partial charge on any atom is -0.459 e. The maximum atomic E-state index is 13.6. The van der Waals surface area contributed by atoms with Gasteiger partial charge in [0.05, 0.1) is 5.69 Å². The van der Waals surface area contributed by atoms with Crippen LogP contribution in [-0.2, 0) is 4.74 Å². The van der Waals surface area contributed by atoms with Crippen molar-refractivity contribution in [1.82, 2.24) is 0 Å². The minimum absolute atomic E-state index is 0.244. The van der Waals surface area contributed by atoms with Gasteiger partial charge in [-0.2, -0.15) is 0 Å². The van der Waals surface area contributed by atoms with Gasteiger partial charge in [0, 0.05) is 0 Å². The van der Waals surface area contributed by atoms with Gasteiger partial charge in [-0.15, -0.1) is 0 Å². The van der Waals surface area contributed by atoms with Crippen molar-refractivity contribution in [2.75, 3.05) is 5.73 Å². The molecule has 0 radical (unpaired) electrons. The number of carbonyl (C=O) groups is 1. The first-order valence-electron chi connectivity index (χ1n) is 6.04. The first-order valence-corrected chi connectivity index (χ1v) is 6.04. The summed E-state index contributed by atoms with van der Waals surface area (Å²) >= 11 is 0. The average molecular weight is 255 g/mol. The van der Waals surface area contributed by atoms with E-state index in [1.807, 2.05) is 0 Å². The molecular weight excluding hydrogens is 240 g/mol. The van der Waals surface area contributed by atoms with Crippen LogP contribution in [0.1, 0.15) is 42.5 Å². The summed E-state index contributed by atoms with van der Waals surface area (Å²) < 4.78 is 32.2. The van der Waals surface area contributed by atoms with E-state index in [1.54, 1.807) is 0 Å². The highest BCUT2D eigenvalue weighted by Gasteiger charge is 2.24. The highest BCUT2D eigenvalue weighted by atomic mass is 19.1. The van der Waals surface area contributed by atoms with Crippen LogP contribution in [0, 0.1) is 11.6 Å². The SMILES string of the molecule is Nc1ccc(F)c(C(=O)OC2CCCCC2)c1F. The molecule has 3 nitrogen and oxygen atoms in total. The summed E-state index contributed by atoms with van der Waals surface area (Å²) in [5.41, 5.74) is 4.36. The minimum atomic E-state index is -1.05. The number of hydrogen-bond acceptors (Lipinski definition) is 3. The molecular formula is C13H15F2NO2. The van der Waals surface area contributed by atoms with Crippen LogP contribution in [0.25, 0.3) is 0 Å². The molecule has 98 valence electrons. The number of rotatable bonds is 2. The predicted octanol–water partition coefficient (Wildman–Crippen LogP) is 3.04. The van der Waals surface area contributed by atoms with Crippen molar-refractivity contribution < 1.29 is 18.3 Å². The van der Waals surface area contributed by atoms with Crippen molar-refractivity contribution in [1.29, 1.82) is 0 Å². The molecule has 1 fully saturated rings. The zero-order chi connectivity index (χ0) is 13.1. The number of nitrogen functional groups attached to an aromatic ring is 1. The summed E-state index contributed by atoms with van der Waals surface area (Å²) in [4.78, 5) is 11.7. The highest BCUT2D eigenvalue weighted by Crippen LogP contribution is 2.24. The summed E-state index contributed by atoms with van der Waals surface area (Å²) in [7, 11) is 0. The maximum absolute atomic E-state index is 13.6. The van der Waals surface area contributed by atoms with E-state index in [0.29, 0.717) is 0 Å². The third-order valence-electron chi connectivity index (χ3n) is 3.15. The first kappa shape index (κ1) is 12.8. The van der Waals surface area contributed by atoms with Crippen molar-refractivity contribution in [2.45, 2.75) is 38.2 Å². The van der Waals surface area contributed by atoms with Crippen molar-refractivity contribution >= 4 is 11.7 Å². The van der Waals surface area contributed by atoms with Crippen LogP contribution in [-0.4, -0.2) is 12.1 Å². The maximum Gasteiger partial charge on any atom is 0.344 e. The lowest BCUT2D eigenvalue weighted by atomic mass is 9.98. The Morgan fingerprint density at radius 2 is 1.89 bits per heavy atom. The van der Waals surface area contributed by atoms with E-state index in [-0.39, 0.29) is 11.8 Å². The molecule has 5 heteroatoms. The van der Waals surface area contributed by atoms with Crippen molar-refractivity contribution in [3.8, 4) is 0 Å². The summed E-state index contributed by atoms with van der Waals surface area (Å²) in [5, 5.41) is 0. The smallest absolute Gasteiger partial charge is 0.344 e. The number of halogens is 2. The van der Waals surface area contributed by atoms with Gasteiger partial charge < -0.3 is 10.5 Å². The van der Waals surface area contributed by atoms with Gasteiger partial charge in [-0.05, 0) is 37.8 Å². The summed E-state index contributed by atoms with van der Waals surface area (Å²) in [6.45, 7) is 0. The second-order valence-corrected chi connectivity index (χ2v) is 4.49. The van der Waals surface area contributed by atoms with Crippen LogP contribution in [0.2, 0.25) is 0 Å². The Kier molecular flexibility index (Phi) is 3.79. The van der Waals surface area contributed by atoms with Crippen LogP contribution in [0.4, 0.5) is 14.5 Å².